The Kier molecular flexibility index (Phi) is 2.79. The molecule has 0 aromatic heterocycles. The van der Waals surface area contributed by atoms with E-state index in [0.29, 0.717) is 12.5 Å². The summed E-state index contributed by atoms with van der Waals surface area (Å²) >= 11 is 0. The highest BCUT2D eigenvalue weighted by Crippen LogP contribution is 3.02. The van der Waals surface area contributed by atoms with E-state index in [4.69, 9.17) is 0 Å². The van der Waals surface area contributed by atoms with Crippen LogP contribution in [0.2, 0.25) is 0 Å². The third-order valence-corrected chi connectivity index (χ3v) is 3.70. The summed E-state index contributed by atoms with van der Waals surface area (Å²) in [5.41, 5.74) is 0.0529. The Bertz CT molecular complexity index is 435. The summed E-state index contributed by atoms with van der Waals surface area (Å²) in [5.74, 6) is -2.27. The molecule has 1 aromatic rings. The Morgan fingerprint density at radius 2 is 1.65 bits per heavy atom. The van der Waals surface area contributed by atoms with Gasteiger partial charge in [-0.1, -0.05) is 39.3 Å². The minimum atomic E-state index is -9.95. The van der Waals surface area contributed by atoms with Gasteiger partial charge in [0.15, 0.2) is 0 Å². The molecule has 0 aliphatic heterocycles. The van der Waals surface area contributed by atoms with Crippen molar-refractivity contribution in [3.63, 3.8) is 0 Å². The zero-order valence-corrected chi connectivity index (χ0v) is 10.0. The second-order valence-electron chi connectivity index (χ2n) is 3.97. The summed E-state index contributed by atoms with van der Waals surface area (Å²) < 4.78 is 75.5. The van der Waals surface area contributed by atoms with E-state index < -0.39 is 20.9 Å². The third-order valence-electron chi connectivity index (χ3n) is 2.55. The van der Waals surface area contributed by atoms with Crippen LogP contribution in [0.3, 0.4) is 0 Å². The van der Waals surface area contributed by atoms with Crippen LogP contribution in [0, 0.1) is 5.82 Å². The van der Waals surface area contributed by atoms with E-state index in [0.717, 1.165) is 6.07 Å². The molecule has 0 aliphatic rings. The van der Waals surface area contributed by atoms with E-state index in [1.54, 1.807) is 13.8 Å². The molecule has 1 atom stereocenters. The quantitative estimate of drug-likeness (QED) is 0.595. The lowest BCUT2D eigenvalue weighted by Gasteiger charge is -2.40. The Hall–Kier alpha value is -0.850. The first-order valence-electron chi connectivity index (χ1n) is 4.88. The van der Waals surface area contributed by atoms with E-state index in [1.807, 2.05) is 0 Å². The maximum absolute atomic E-state index is 13.0. The molecule has 0 nitrogen and oxygen atoms in total. The van der Waals surface area contributed by atoms with Crippen LogP contribution in [0.4, 0.5) is 23.8 Å². The predicted molar refractivity (Wildman–Crippen MR) is 56.5 cm³/mol. The monoisotopic (exact) mass is 278 g/mol. The van der Waals surface area contributed by atoms with Gasteiger partial charge in [-0.15, -0.1) is 0 Å². The number of halogens is 6. The minimum absolute atomic E-state index is 0.0529. The van der Waals surface area contributed by atoms with Gasteiger partial charge in [0.05, 0.1) is 0 Å². The van der Waals surface area contributed by atoms with Gasteiger partial charge < -0.3 is 0 Å². The zero-order valence-electron chi connectivity index (χ0n) is 9.19. The van der Waals surface area contributed by atoms with Crippen LogP contribution in [0.15, 0.2) is 23.1 Å². The van der Waals surface area contributed by atoms with Crippen molar-refractivity contribution in [2.45, 2.75) is 31.1 Å². The predicted octanol–water partition coefficient (Wildman–Crippen LogP) is 6.00. The largest absolute Gasteiger partial charge is 0.313 e. The van der Waals surface area contributed by atoms with E-state index in [2.05, 4.69) is 0 Å². The van der Waals surface area contributed by atoms with Crippen LogP contribution in [-0.4, -0.2) is 0 Å². The zero-order chi connectivity index (χ0) is 13.5. The van der Waals surface area contributed by atoms with Gasteiger partial charge in [-0.05, 0) is 30.0 Å². The first kappa shape index (κ1) is 14.2. The summed E-state index contributed by atoms with van der Waals surface area (Å²) in [4.78, 5) is -2.43. The topological polar surface area (TPSA) is 0 Å². The van der Waals surface area contributed by atoms with Gasteiger partial charge in [0.1, 0.15) is 10.7 Å². The van der Waals surface area contributed by atoms with Crippen molar-refractivity contribution in [3.05, 3.63) is 29.6 Å². The molecule has 0 amide bonds. The van der Waals surface area contributed by atoms with E-state index in [1.165, 1.54) is 0 Å². The molecule has 1 unspecified atom stereocenters. The smallest absolute Gasteiger partial charge is 0.205 e. The van der Waals surface area contributed by atoms with Crippen molar-refractivity contribution in [1.29, 1.82) is 0 Å². The van der Waals surface area contributed by atoms with Gasteiger partial charge in [0, 0.05) is 0 Å². The summed E-state index contributed by atoms with van der Waals surface area (Å²) in [6.45, 7) is 3.29. The Labute approximate surface area is 95.4 Å². The third kappa shape index (κ3) is 3.31. The molecule has 17 heavy (non-hydrogen) atoms. The normalized spacial score (nSPS) is 18.4. The van der Waals surface area contributed by atoms with Crippen LogP contribution in [0.5, 0.6) is 0 Å². The lowest BCUT2D eigenvalue weighted by Crippen LogP contribution is -2.09. The number of benzene rings is 1. The Morgan fingerprint density at radius 3 is 2.06 bits per heavy atom. The van der Waals surface area contributed by atoms with E-state index >= 15 is 0 Å². The molecule has 0 fully saturated rings. The fraction of sp³-hybridized carbons (Fsp3) is 0.400. The first-order chi connectivity index (χ1) is 7.35. The van der Waals surface area contributed by atoms with E-state index in [-0.39, 0.29) is 17.5 Å². The molecule has 7 heteroatoms. The molecule has 0 N–H and O–H groups in total. The van der Waals surface area contributed by atoms with Gasteiger partial charge in [-0.3, -0.25) is 0 Å². The lowest BCUT2D eigenvalue weighted by molar-refractivity contribution is 0.355. The van der Waals surface area contributed by atoms with Crippen LogP contribution in [0.1, 0.15) is 31.7 Å². The Morgan fingerprint density at radius 1 is 1.12 bits per heavy atom. The molecule has 0 heterocycles. The van der Waals surface area contributed by atoms with Crippen molar-refractivity contribution in [3.8, 4) is 0 Å². The number of rotatable bonds is 3. The second kappa shape index (κ2) is 3.34. The fourth-order valence-electron chi connectivity index (χ4n) is 1.36. The molecule has 1 rings (SSSR count). The molecular weight excluding hydrogens is 266 g/mol. The van der Waals surface area contributed by atoms with Gasteiger partial charge >= 0.3 is 10.2 Å². The molecule has 0 aliphatic carbocycles. The molecule has 100 valence electrons. The van der Waals surface area contributed by atoms with Crippen LogP contribution >= 0.6 is 10.2 Å². The van der Waals surface area contributed by atoms with Crippen molar-refractivity contribution in [1.82, 2.24) is 0 Å². The van der Waals surface area contributed by atoms with Crippen molar-refractivity contribution in [2.75, 3.05) is 0 Å². The number of hydrogen-bond acceptors (Lipinski definition) is 0. The van der Waals surface area contributed by atoms with Gasteiger partial charge in [-0.2, -0.15) is 0 Å². The molecule has 0 saturated carbocycles. The molecule has 0 radical (unpaired) electrons. The van der Waals surface area contributed by atoms with Crippen molar-refractivity contribution >= 4 is 10.2 Å². The first-order valence-corrected chi connectivity index (χ1v) is 6.84. The highest BCUT2D eigenvalue weighted by molar-refractivity contribution is 8.45. The SMILES string of the molecule is CCC(C)c1ccc(F)c(S(F)(F)(F)(F)F)c1. The molecule has 0 bridgehead atoms. The standard InChI is InChI=1S/C10H12F6S/c1-3-7(2)8-4-5-9(11)10(6-8)17(12,13,14,15)16/h4-7H,3H2,1-2H3. The average Bonchev–Trinajstić information content (AvgIpc) is 2.13. The summed E-state index contributed by atoms with van der Waals surface area (Å²) in [7, 11) is -9.95. The average molecular weight is 278 g/mol. The highest BCUT2D eigenvalue weighted by Gasteiger charge is 2.67. The summed E-state index contributed by atoms with van der Waals surface area (Å²) in [6.07, 6.45) is 0.478. The van der Waals surface area contributed by atoms with Gasteiger partial charge in [0.25, 0.3) is 0 Å². The van der Waals surface area contributed by atoms with Crippen LogP contribution in [-0.2, 0) is 0 Å². The van der Waals surface area contributed by atoms with Crippen LogP contribution in [0.25, 0.3) is 0 Å². The molecule has 1 aromatic carbocycles. The second-order valence-corrected chi connectivity index (χ2v) is 6.35. The van der Waals surface area contributed by atoms with Crippen molar-refractivity contribution in [2.24, 2.45) is 0 Å². The van der Waals surface area contributed by atoms with Crippen LogP contribution < -0.4 is 0 Å². The van der Waals surface area contributed by atoms with E-state index in [9.17, 15) is 23.8 Å². The number of hydrogen-bond donors (Lipinski definition) is 0. The minimum Gasteiger partial charge on any atom is -0.205 e. The van der Waals surface area contributed by atoms with Gasteiger partial charge in [-0.25, -0.2) is 4.39 Å². The maximum Gasteiger partial charge on any atom is 0.313 e. The molecule has 0 spiro atoms. The maximum atomic E-state index is 13.0. The lowest BCUT2D eigenvalue weighted by atomic mass is 9.99. The van der Waals surface area contributed by atoms with Crippen molar-refractivity contribution < 1.29 is 23.8 Å². The Balaban J connectivity index is 3.47. The summed E-state index contributed by atoms with van der Waals surface area (Å²) in [6, 6.07) is 1.75. The molecule has 0 saturated heterocycles. The highest BCUT2D eigenvalue weighted by atomic mass is 32.5. The molecular formula is C10H12F6S. The fourth-order valence-corrected chi connectivity index (χ4v) is 2.15. The summed E-state index contributed by atoms with van der Waals surface area (Å²) in [5, 5.41) is 0. The van der Waals surface area contributed by atoms with Gasteiger partial charge in [0.2, 0.25) is 0 Å².